The Morgan fingerprint density at radius 1 is 0.962 bits per heavy atom. The van der Waals surface area contributed by atoms with E-state index in [0.29, 0.717) is 48.3 Å². The molecule has 3 amide bonds. The molecule has 8 heteroatoms. The number of piperazine rings is 1. The number of benzene rings is 1. The fourth-order valence-electron chi connectivity index (χ4n) is 2.75. The zero-order valence-electron chi connectivity index (χ0n) is 14.8. The van der Waals surface area contributed by atoms with Crippen LogP contribution in [-0.4, -0.2) is 60.2 Å². The first-order valence-electron chi connectivity index (χ1n) is 8.70. The molecule has 1 aromatic rings. The molecule has 1 aliphatic heterocycles. The Morgan fingerprint density at radius 2 is 1.54 bits per heavy atom. The SMILES string of the molecule is CCCNC(=O)CCC(=O)N1CCN(C(=O)c2cc(Cl)cc(Cl)c2)CC1. The molecule has 1 fully saturated rings. The van der Waals surface area contributed by atoms with E-state index in [1.165, 1.54) is 0 Å². The van der Waals surface area contributed by atoms with Gasteiger partial charge >= 0.3 is 0 Å². The zero-order chi connectivity index (χ0) is 19.1. The summed E-state index contributed by atoms with van der Waals surface area (Å²) >= 11 is 11.9. The van der Waals surface area contributed by atoms with Gasteiger partial charge in [0.15, 0.2) is 0 Å². The third kappa shape index (κ3) is 5.88. The lowest BCUT2D eigenvalue weighted by Gasteiger charge is -2.35. The average molecular weight is 400 g/mol. The molecule has 0 aliphatic carbocycles. The molecule has 1 aromatic carbocycles. The third-order valence-electron chi connectivity index (χ3n) is 4.17. The molecule has 0 bridgehead atoms. The maximum absolute atomic E-state index is 12.5. The molecule has 1 aliphatic rings. The van der Waals surface area contributed by atoms with Crippen LogP contribution >= 0.6 is 23.2 Å². The summed E-state index contributed by atoms with van der Waals surface area (Å²) in [6.45, 7) is 4.39. The first-order valence-corrected chi connectivity index (χ1v) is 9.46. The highest BCUT2D eigenvalue weighted by Crippen LogP contribution is 2.20. The van der Waals surface area contributed by atoms with Crippen molar-refractivity contribution in [2.24, 2.45) is 0 Å². The molecule has 1 heterocycles. The van der Waals surface area contributed by atoms with Gasteiger partial charge in [-0.1, -0.05) is 30.1 Å². The van der Waals surface area contributed by atoms with Crippen molar-refractivity contribution in [2.45, 2.75) is 26.2 Å². The van der Waals surface area contributed by atoms with Crippen molar-refractivity contribution >= 4 is 40.9 Å². The Kier molecular flexibility index (Phi) is 7.72. The monoisotopic (exact) mass is 399 g/mol. The van der Waals surface area contributed by atoms with Crippen LogP contribution in [0, 0.1) is 0 Å². The van der Waals surface area contributed by atoms with Crippen LogP contribution in [-0.2, 0) is 9.59 Å². The Balaban J connectivity index is 1.81. The number of amides is 3. The number of carbonyl (C=O) groups is 3. The standard InChI is InChI=1S/C18H23Cl2N3O3/c1-2-5-21-16(24)3-4-17(25)22-6-8-23(9-7-22)18(26)13-10-14(19)12-15(20)11-13/h10-12H,2-9H2,1H3,(H,21,24). The highest BCUT2D eigenvalue weighted by molar-refractivity contribution is 6.35. The molecule has 2 rings (SSSR count). The molecule has 0 unspecified atom stereocenters. The summed E-state index contributed by atoms with van der Waals surface area (Å²) in [5.41, 5.74) is 0.440. The Bertz CT molecular complexity index is 653. The summed E-state index contributed by atoms with van der Waals surface area (Å²) < 4.78 is 0. The van der Waals surface area contributed by atoms with E-state index in [-0.39, 0.29) is 30.6 Å². The summed E-state index contributed by atoms with van der Waals surface area (Å²) in [5.74, 6) is -0.318. The number of nitrogens with one attached hydrogen (secondary N) is 1. The van der Waals surface area contributed by atoms with Crippen molar-refractivity contribution in [1.82, 2.24) is 15.1 Å². The molecule has 1 N–H and O–H groups in total. The minimum absolute atomic E-state index is 0.0606. The van der Waals surface area contributed by atoms with E-state index in [1.807, 2.05) is 6.92 Å². The van der Waals surface area contributed by atoms with Gasteiger partial charge in [0.05, 0.1) is 0 Å². The molecule has 6 nitrogen and oxygen atoms in total. The molecule has 0 spiro atoms. The topological polar surface area (TPSA) is 69.7 Å². The fraction of sp³-hybridized carbons (Fsp3) is 0.500. The second kappa shape index (κ2) is 9.78. The normalized spacial score (nSPS) is 14.3. The highest BCUT2D eigenvalue weighted by atomic mass is 35.5. The molecule has 1 saturated heterocycles. The molecule has 0 atom stereocenters. The number of carbonyl (C=O) groups excluding carboxylic acids is 3. The van der Waals surface area contributed by atoms with E-state index < -0.39 is 0 Å². The van der Waals surface area contributed by atoms with Crippen molar-refractivity contribution in [1.29, 1.82) is 0 Å². The van der Waals surface area contributed by atoms with Crippen molar-refractivity contribution in [2.75, 3.05) is 32.7 Å². The lowest BCUT2D eigenvalue weighted by Crippen LogP contribution is -2.50. The summed E-state index contributed by atoms with van der Waals surface area (Å²) in [7, 11) is 0. The van der Waals surface area contributed by atoms with E-state index in [2.05, 4.69) is 5.32 Å². The Morgan fingerprint density at radius 3 is 2.12 bits per heavy atom. The quantitative estimate of drug-likeness (QED) is 0.798. The summed E-state index contributed by atoms with van der Waals surface area (Å²) in [4.78, 5) is 39.7. The predicted molar refractivity (Wildman–Crippen MR) is 101 cm³/mol. The van der Waals surface area contributed by atoms with E-state index >= 15 is 0 Å². The lowest BCUT2D eigenvalue weighted by molar-refractivity contribution is -0.134. The van der Waals surface area contributed by atoms with Crippen LogP contribution in [0.3, 0.4) is 0 Å². The van der Waals surface area contributed by atoms with E-state index in [0.717, 1.165) is 6.42 Å². The van der Waals surface area contributed by atoms with E-state index in [4.69, 9.17) is 23.2 Å². The van der Waals surface area contributed by atoms with Gasteiger partial charge in [0.2, 0.25) is 11.8 Å². The number of hydrogen-bond acceptors (Lipinski definition) is 3. The minimum atomic E-state index is -0.152. The molecular formula is C18H23Cl2N3O3. The van der Waals surface area contributed by atoms with Crippen LogP contribution in [0.5, 0.6) is 0 Å². The smallest absolute Gasteiger partial charge is 0.254 e. The van der Waals surface area contributed by atoms with Gasteiger partial charge in [-0.3, -0.25) is 14.4 Å². The molecule has 0 radical (unpaired) electrons. The highest BCUT2D eigenvalue weighted by Gasteiger charge is 2.25. The predicted octanol–water partition coefficient (Wildman–Crippen LogP) is 2.58. The number of hydrogen-bond donors (Lipinski definition) is 1. The minimum Gasteiger partial charge on any atom is -0.356 e. The van der Waals surface area contributed by atoms with Crippen molar-refractivity contribution < 1.29 is 14.4 Å². The van der Waals surface area contributed by atoms with Crippen LogP contribution in [0.4, 0.5) is 0 Å². The Hall–Kier alpha value is -1.79. The van der Waals surface area contributed by atoms with Crippen molar-refractivity contribution in [3.05, 3.63) is 33.8 Å². The van der Waals surface area contributed by atoms with Gasteiger partial charge in [-0.25, -0.2) is 0 Å². The van der Waals surface area contributed by atoms with Gasteiger partial charge in [0.25, 0.3) is 5.91 Å². The summed E-state index contributed by atoms with van der Waals surface area (Å²) in [6.07, 6.45) is 1.25. The molecule has 0 saturated carbocycles. The van der Waals surface area contributed by atoms with Crippen LogP contribution in [0.1, 0.15) is 36.5 Å². The number of halogens is 2. The van der Waals surface area contributed by atoms with Gasteiger partial charge < -0.3 is 15.1 Å². The van der Waals surface area contributed by atoms with Crippen LogP contribution in [0.2, 0.25) is 10.0 Å². The van der Waals surface area contributed by atoms with Gasteiger partial charge in [-0.05, 0) is 24.6 Å². The van der Waals surface area contributed by atoms with Crippen LogP contribution < -0.4 is 5.32 Å². The number of rotatable bonds is 6. The summed E-state index contributed by atoms with van der Waals surface area (Å²) in [5, 5.41) is 3.58. The van der Waals surface area contributed by atoms with Gasteiger partial charge in [0.1, 0.15) is 0 Å². The van der Waals surface area contributed by atoms with Crippen LogP contribution in [0.25, 0.3) is 0 Å². The van der Waals surface area contributed by atoms with E-state index in [1.54, 1.807) is 28.0 Å². The molecule has 142 valence electrons. The van der Waals surface area contributed by atoms with Crippen molar-refractivity contribution in [3.63, 3.8) is 0 Å². The van der Waals surface area contributed by atoms with Crippen molar-refractivity contribution in [3.8, 4) is 0 Å². The van der Waals surface area contributed by atoms with Gasteiger partial charge in [-0.2, -0.15) is 0 Å². The molecular weight excluding hydrogens is 377 g/mol. The third-order valence-corrected chi connectivity index (χ3v) is 4.60. The summed E-state index contributed by atoms with van der Waals surface area (Å²) in [6, 6.07) is 4.75. The molecule has 26 heavy (non-hydrogen) atoms. The maximum Gasteiger partial charge on any atom is 0.254 e. The second-order valence-corrected chi connectivity index (χ2v) is 7.05. The van der Waals surface area contributed by atoms with Crippen LogP contribution in [0.15, 0.2) is 18.2 Å². The van der Waals surface area contributed by atoms with E-state index in [9.17, 15) is 14.4 Å². The largest absolute Gasteiger partial charge is 0.356 e. The number of nitrogens with zero attached hydrogens (tertiary/aromatic N) is 2. The molecule has 0 aromatic heterocycles. The fourth-order valence-corrected chi connectivity index (χ4v) is 3.28. The Labute approximate surface area is 163 Å². The average Bonchev–Trinajstić information content (AvgIpc) is 2.63. The zero-order valence-corrected chi connectivity index (χ0v) is 16.3. The van der Waals surface area contributed by atoms with Gasteiger partial charge in [0, 0.05) is 61.2 Å². The lowest BCUT2D eigenvalue weighted by atomic mass is 10.1. The van der Waals surface area contributed by atoms with Gasteiger partial charge in [-0.15, -0.1) is 0 Å². The first-order chi connectivity index (χ1) is 12.4. The first kappa shape index (κ1) is 20.5. The maximum atomic E-state index is 12.5. The second-order valence-electron chi connectivity index (χ2n) is 6.18.